The average molecular weight is 575 g/mol. The first-order valence-electron chi connectivity index (χ1n) is 10.1. The highest BCUT2D eigenvalue weighted by molar-refractivity contribution is 9.10. The number of rotatable bonds is 7. The number of halogens is 1. The van der Waals surface area contributed by atoms with E-state index in [1.165, 1.54) is 55.6 Å². The first-order chi connectivity index (χ1) is 16.6. The van der Waals surface area contributed by atoms with Crippen molar-refractivity contribution in [3.8, 4) is 0 Å². The second kappa shape index (κ2) is 9.68. The molecule has 1 aromatic heterocycles. The van der Waals surface area contributed by atoms with Gasteiger partial charge in [0.05, 0.1) is 15.5 Å². The molecule has 8 nitrogen and oxygen atoms in total. The molecule has 4 rings (SSSR count). The highest BCUT2D eigenvalue weighted by atomic mass is 79.9. The Labute approximate surface area is 211 Å². The van der Waals surface area contributed by atoms with E-state index >= 15 is 0 Å². The number of carbonyl (C=O) groups is 1. The summed E-state index contributed by atoms with van der Waals surface area (Å²) in [7, 11) is -6.28. The zero-order chi connectivity index (χ0) is 25.2. The summed E-state index contributed by atoms with van der Waals surface area (Å²) in [5, 5.41) is 2.20. The second-order valence-electron chi connectivity index (χ2n) is 7.36. The number of amides is 1. The highest BCUT2D eigenvalue weighted by Crippen LogP contribution is 2.26. The number of nitrogens with one attached hydrogen (secondary N) is 1. The van der Waals surface area contributed by atoms with E-state index in [9.17, 15) is 21.6 Å². The van der Waals surface area contributed by atoms with Gasteiger partial charge in [0, 0.05) is 17.2 Å². The fraction of sp³-hybridized carbons (Fsp3) is 0.0417. The average Bonchev–Trinajstić information content (AvgIpc) is 3.36. The Balaban J connectivity index is 1.49. The molecule has 4 aromatic rings. The van der Waals surface area contributed by atoms with E-state index in [4.69, 9.17) is 4.42 Å². The van der Waals surface area contributed by atoms with Crippen LogP contribution in [0, 0.1) is 0 Å². The molecule has 180 valence electrons. The lowest BCUT2D eigenvalue weighted by Gasteiger charge is -2.19. The molecule has 0 radical (unpaired) electrons. The molecule has 0 unspecified atom stereocenters. The van der Waals surface area contributed by atoms with E-state index in [0.29, 0.717) is 11.4 Å². The summed E-state index contributed by atoms with van der Waals surface area (Å²) in [5.41, 5.74) is 0.821. The van der Waals surface area contributed by atoms with Crippen molar-refractivity contribution in [2.24, 2.45) is 0 Å². The molecule has 0 atom stereocenters. The predicted molar refractivity (Wildman–Crippen MR) is 135 cm³/mol. The van der Waals surface area contributed by atoms with Gasteiger partial charge in [0.1, 0.15) is 0 Å². The van der Waals surface area contributed by atoms with Crippen LogP contribution in [0.4, 0.5) is 11.4 Å². The van der Waals surface area contributed by atoms with Gasteiger partial charge in [-0.25, -0.2) is 16.8 Å². The minimum absolute atomic E-state index is 0.0271. The summed E-state index contributed by atoms with van der Waals surface area (Å²) in [6, 6.07) is 22.7. The maximum atomic E-state index is 12.9. The second-order valence-corrected chi connectivity index (χ2v) is 12.1. The molecule has 0 saturated heterocycles. The van der Waals surface area contributed by atoms with Crippen molar-refractivity contribution in [3.05, 3.63) is 101 Å². The molecule has 3 aromatic carbocycles. The van der Waals surface area contributed by atoms with Gasteiger partial charge < -0.3 is 9.73 Å². The Bertz CT molecular complexity index is 1570. The number of sulfonamides is 1. The standard InChI is InChI=1S/C24H19BrN2O6S2/c1-27(19-5-3-2-4-6-19)35(31,32)21-13-9-18(10-14-21)26-24(28)22-15-16-23(33-22)34(29,30)20-11-7-17(25)8-12-20/h2-16H,1H3,(H,26,28). The summed E-state index contributed by atoms with van der Waals surface area (Å²) in [5.74, 6) is -0.888. The third-order valence-electron chi connectivity index (χ3n) is 5.08. The largest absolute Gasteiger partial charge is 0.439 e. The van der Waals surface area contributed by atoms with Crippen molar-refractivity contribution in [2.75, 3.05) is 16.7 Å². The SMILES string of the molecule is CN(c1ccccc1)S(=O)(=O)c1ccc(NC(=O)c2ccc(S(=O)(=O)c3ccc(Br)cc3)o2)cc1. The number of para-hydroxylation sites is 1. The molecule has 0 saturated carbocycles. The van der Waals surface area contributed by atoms with Gasteiger partial charge in [-0.15, -0.1) is 0 Å². The minimum Gasteiger partial charge on any atom is -0.439 e. The normalized spacial score (nSPS) is 11.7. The third-order valence-corrected chi connectivity index (χ3v) is 9.05. The molecule has 0 fully saturated rings. The van der Waals surface area contributed by atoms with Crippen LogP contribution in [0.25, 0.3) is 0 Å². The Hall–Kier alpha value is -3.41. The van der Waals surface area contributed by atoms with Crippen LogP contribution in [0.3, 0.4) is 0 Å². The maximum absolute atomic E-state index is 12.9. The van der Waals surface area contributed by atoms with Crippen LogP contribution >= 0.6 is 15.9 Å². The maximum Gasteiger partial charge on any atom is 0.291 e. The monoisotopic (exact) mass is 574 g/mol. The molecule has 0 aliphatic heterocycles. The van der Waals surface area contributed by atoms with Gasteiger partial charge in [-0.1, -0.05) is 34.1 Å². The zero-order valence-corrected chi connectivity index (χ0v) is 21.5. The molecule has 0 bridgehead atoms. The molecular weight excluding hydrogens is 556 g/mol. The van der Waals surface area contributed by atoms with E-state index in [0.717, 1.165) is 8.78 Å². The van der Waals surface area contributed by atoms with Gasteiger partial charge in [0.25, 0.3) is 15.9 Å². The summed E-state index contributed by atoms with van der Waals surface area (Å²) in [6.07, 6.45) is 0. The van der Waals surface area contributed by atoms with Crippen LogP contribution in [-0.2, 0) is 19.9 Å². The van der Waals surface area contributed by atoms with E-state index in [1.54, 1.807) is 42.5 Å². The number of furan rings is 1. The minimum atomic E-state index is -3.93. The fourth-order valence-corrected chi connectivity index (χ4v) is 5.79. The first kappa shape index (κ1) is 24.7. The van der Waals surface area contributed by atoms with Crippen LogP contribution in [0.5, 0.6) is 0 Å². The lowest BCUT2D eigenvalue weighted by molar-refractivity contribution is 0.0991. The smallest absolute Gasteiger partial charge is 0.291 e. The van der Waals surface area contributed by atoms with Gasteiger partial charge >= 0.3 is 0 Å². The van der Waals surface area contributed by atoms with Crippen LogP contribution in [-0.4, -0.2) is 29.8 Å². The van der Waals surface area contributed by atoms with E-state index < -0.39 is 25.8 Å². The lowest BCUT2D eigenvalue weighted by atomic mass is 10.3. The van der Waals surface area contributed by atoms with Crippen LogP contribution in [0.1, 0.15) is 10.6 Å². The predicted octanol–water partition coefficient (Wildman–Crippen LogP) is 4.95. The summed E-state index contributed by atoms with van der Waals surface area (Å²) >= 11 is 3.25. The number of hydrogen-bond donors (Lipinski definition) is 1. The molecule has 1 amide bonds. The fourth-order valence-electron chi connectivity index (χ4n) is 3.15. The first-order valence-corrected chi connectivity index (χ1v) is 13.9. The van der Waals surface area contributed by atoms with E-state index in [1.807, 2.05) is 0 Å². The van der Waals surface area contributed by atoms with Crippen molar-refractivity contribution >= 4 is 53.1 Å². The van der Waals surface area contributed by atoms with Crippen molar-refractivity contribution in [3.63, 3.8) is 0 Å². The topological polar surface area (TPSA) is 114 Å². The molecule has 0 spiro atoms. The molecule has 1 N–H and O–H groups in total. The van der Waals surface area contributed by atoms with Crippen molar-refractivity contribution in [2.45, 2.75) is 14.9 Å². The number of carbonyl (C=O) groups excluding carboxylic acids is 1. The quantitative estimate of drug-likeness (QED) is 0.334. The molecule has 0 aliphatic carbocycles. The van der Waals surface area contributed by atoms with Crippen molar-refractivity contribution in [1.82, 2.24) is 0 Å². The number of nitrogens with zero attached hydrogens (tertiary/aromatic N) is 1. The number of benzene rings is 3. The van der Waals surface area contributed by atoms with Gasteiger partial charge in [0.15, 0.2) is 5.76 Å². The van der Waals surface area contributed by atoms with E-state index in [-0.39, 0.29) is 20.6 Å². The molecule has 35 heavy (non-hydrogen) atoms. The van der Waals surface area contributed by atoms with E-state index in [2.05, 4.69) is 21.2 Å². The Kier molecular flexibility index (Phi) is 6.84. The molecule has 1 heterocycles. The third kappa shape index (κ3) is 5.16. The molecule has 0 aliphatic rings. The lowest BCUT2D eigenvalue weighted by Crippen LogP contribution is -2.26. The summed E-state index contributed by atoms with van der Waals surface area (Å²) in [4.78, 5) is 12.6. The van der Waals surface area contributed by atoms with Gasteiger partial charge in [-0.2, -0.15) is 0 Å². The summed E-state index contributed by atoms with van der Waals surface area (Å²) in [6.45, 7) is 0. The zero-order valence-electron chi connectivity index (χ0n) is 18.3. The van der Waals surface area contributed by atoms with Crippen molar-refractivity contribution < 1.29 is 26.0 Å². The van der Waals surface area contributed by atoms with Crippen LogP contribution in [0.15, 0.2) is 115 Å². The van der Waals surface area contributed by atoms with Gasteiger partial charge in [-0.05, 0) is 72.8 Å². The summed E-state index contributed by atoms with van der Waals surface area (Å²) < 4.78 is 58.4. The molecular formula is C24H19BrN2O6S2. The van der Waals surface area contributed by atoms with Crippen LogP contribution in [0.2, 0.25) is 0 Å². The molecule has 11 heteroatoms. The van der Waals surface area contributed by atoms with Gasteiger partial charge in [-0.3, -0.25) is 9.10 Å². The Morgan fingerprint density at radius 2 is 1.40 bits per heavy atom. The Morgan fingerprint density at radius 3 is 2.03 bits per heavy atom. The number of sulfone groups is 1. The number of anilines is 2. The van der Waals surface area contributed by atoms with Crippen molar-refractivity contribution in [1.29, 1.82) is 0 Å². The Morgan fingerprint density at radius 1 is 0.800 bits per heavy atom. The van der Waals surface area contributed by atoms with Gasteiger partial charge in [0.2, 0.25) is 14.9 Å². The van der Waals surface area contributed by atoms with Crippen LogP contribution < -0.4 is 9.62 Å². The number of hydrogen-bond acceptors (Lipinski definition) is 6. The highest BCUT2D eigenvalue weighted by Gasteiger charge is 2.24.